The number of hydrogen-bond acceptors (Lipinski definition) is 3. The molecule has 2 bridgehead atoms. The van der Waals surface area contributed by atoms with E-state index >= 15 is 0 Å². The minimum atomic E-state index is 0.0685. The Morgan fingerprint density at radius 1 is 0.627 bits per heavy atom. The van der Waals surface area contributed by atoms with Crippen LogP contribution in [-0.2, 0) is 16.2 Å². The summed E-state index contributed by atoms with van der Waals surface area (Å²) in [5, 5.41) is 2.73. The molecule has 6 aromatic rings. The molecule has 12 rings (SSSR count). The largest absolute Gasteiger partial charge is 0.309 e. The molecule has 6 unspecified atom stereocenters. The third kappa shape index (κ3) is 3.52. The summed E-state index contributed by atoms with van der Waals surface area (Å²) < 4.78 is 2.73. The molecule has 4 fully saturated rings. The fourth-order valence-corrected chi connectivity index (χ4v) is 15.8. The molecule has 0 amide bonds. The molecule has 2 heterocycles. The summed E-state index contributed by atoms with van der Waals surface area (Å²) in [4.78, 5) is 5.70. The lowest BCUT2D eigenvalue weighted by Crippen LogP contribution is -2.74. The Morgan fingerprint density at radius 2 is 1.35 bits per heavy atom. The maximum Gasteiger partial charge on any atom is 0.0604 e. The van der Waals surface area contributed by atoms with Crippen LogP contribution in [-0.4, -0.2) is 0 Å². The standard InChI is InChI=1S/C48H45NS2/c1-45(2)21-22-46(3,4)43-34(45)13-9-15-36(43)49(30-19-20-39-32(26-30)31-11-5-7-17-38(31)50-39)37-16-10-14-35-44(37)51-40-18-8-6-12-33(40)48(35)41-24-28-23-29-25-42(48)47(29,41)27-28/h5-20,26,28-29,41-42H,21-25,27H2,1-4H3. The molecule has 254 valence electrons. The van der Waals surface area contributed by atoms with Gasteiger partial charge in [-0.15, -0.1) is 11.3 Å². The van der Waals surface area contributed by atoms with Gasteiger partial charge in [-0.05, 0) is 143 Å². The van der Waals surface area contributed by atoms with Crippen molar-refractivity contribution in [3.63, 3.8) is 0 Å². The third-order valence-corrected chi connectivity index (χ3v) is 17.8. The highest BCUT2D eigenvalue weighted by Crippen LogP contribution is 2.89. The van der Waals surface area contributed by atoms with Crippen molar-refractivity contribution in [1.29, 1.82) is 0 Å². The number of hydrogen-bond donors (Lipinski definition) is 0. The van der Waals surface area contributed by atoms with E-state index in [4.69, 9.17) is 0 Å². The van der Waals surface area contributed by atoms with Crippen LogP contribution in [0.15, 0.2) is 113 Å². The van der Waals surface area contributed by atoms with E-state index in [1.165, 1.54) is 96.7 Å². The second-order valence-corrected chi connectivity index (χ2v) is 20.5. The molecule has 51 heavy (non-hydrogen) atoms. The summed E-state index contributed by atoms with van der Waals surface area (Å²) in [6.45, 7) is 9.92. The number of nitrogens with zero attached hydrogens (tertiary/aromatic N) is 1. The monoisotopic (exact) mass is 699 g/mol. The minimum absolute atomic E-state index is 0.0685. The van der Waals surface area contributed by atoms with E-state index < -0.39 is 0 Å². The summed E-state index contributed by atoms with van der Waals surface area (Å²) in [7, 11) is 0. The highest BCUT2D eigenvalue weighted by molar-refractivity contribution is 7.99. The summed E-state index contributed by atoms with van der Waals surface area (Å²) in [6.07, 6.45) is 8.27. The molecule has 1 aromatic heterocycles. The van der Waals surface area contributed by atoms with Crippen LogP contribution < -0.4 is 4.90 Å². The zero-order valence-electron chi connectivity index (χ0n) is 30.1. The van der Waals surface area contributed by atoms with Crippen LogP contribution in [0.2, 0.25) is 0 Å². The van der Waals surface area contributed by atoms with Crippen molar-refractivity contribution < 1.29 is 0 Å². The van der Waals surface area contributed by atoms with Crippen molar-refractivity contribution in [2.75, 3.05) is 4.90 Å². The Morgan fingerprint density at radius 3 is 2.24 bits per heavy atom. The van der Waals surface area contributed by atoms with Gasteiger partial charge < -0.3 is 4.90 Å². The molecular formula is C48H45NS2. The topological polar surface area (TPSA) is 3.24 Å². The molecule has 1 nitrogen and oxygen atoms in total. The second-order valence-electron chi connectivity index (χ2n) is 18.4. The van der Waals surface area contributed by atoms with E-state index in [1.54, 1.807) is 11.1 Å². The predicted octanol–water partition coefficient (Wildman–Crippen LogP) is 13.7. The molecular weight excluding hydrogens is 655 g/mol. The maximum atomic E-state index is 2.71. The molecule has 5 aromatic carbocycles. The van der Waals surface area contributed by atoms with E-state index in [0.717, 1.165) is 23.7 Å². The van der Waals surface area contributed by atoms with Gasteiger partial charge in [-0.2, -0.15) is 0 Å². The SMILES string of the molecule is CC1(C)CCC(C)(C)c2c(N(c3ccc4sc5ccccc5c4c3)c3cccc4c3Sc3ccccc3C43C4CC5CC6CC3C64C5)cccc21. The quantitative estimate of drug-likeness (QED) is 0.181. The van der Waals surface area contributed by atoms with Crippen molar-refractivity contribution >= 4 is 60.3 Å². The van der Waals surface area contributed by atoms with Gasteiger partial charge in [0.1, 0.15) is 0 Å². The van der Waals surface area contributed by atoms with Crippen molar-refractivity contribution in [3.8, 4) is 0 Å². The van der Waals surface area contributed by atoms with Gasteiger partial charge in [0.2, 0.25) is 0 Å². The van der Waals surface area contributed by atoms with Crippen LogP contribution in [0.1, 0.15) is 88.5 Å². The molecule has 0 N–H and O–H groups in total. The van der Waals surface area contributed by atoms with Crippen molar-refractivity contribution in [2.45, 2.75) is 92.3 Å². The lowest BCUT2D eigenvalue weighted by molar-refractivity contribution is -0.235. The Labute approximate surface area is 310 Å². The maximum absolute atomic E-state index is 2.71. The predicted molar refractivity (Wildman–Crippen MR) is 216 cm³/mol. The van der Waals surface area contributed by atoms with Gasteiger partial charge in [0.05, 0.1) is 11.4 Å². The van der Waals surface area contributed by atoms with Gasteiger partial charge in [-0.3, -0.25) is 0 Å². The Bertz CT molecular complexity index is 2480. The van der Waals surface area contributed by atoms with Gasteiger partial charge >= 0.3 is 0 Å². The van der Waals surface area contributed by atoms with Crippen molar-refractivity contribution in [3.05, 3.63) is 125 Å². The smallest absolute Gasteiger partial charge is 0.0604 e. The molecule has 1 aliphatic heterocycles. The van der Waals surface area contributed by atoms with Gasteiger partial charge in [0, 0.05) is 41.1 Å². The Balaban J connectivity index is 1.14. The molecule has 6 aliphatic rings. The zero-order valence-corrected chi connectivity index (χ0v) is 31.8. The average molecular weight is 700 g/mol. The van der Waals surface area contributed by atoms with Crippen LogP contribution >= 0.6 is 23.1 Å². The van der Waals surface area contributed by atoms with E-state index in [1.807, 2.05) is 11.3 Å². The van der Waals surface area contributed by atoms with Crippen LogP contribution in [0.5, 0.6) is 0 Å². The van der Waals surface area contributed by atoms with E-state index in [2.05, 4.69) is 147 Å². The highest BCUT2D eigenvalue weighted by atomic mass is 32.2. The van der Waals surface area contributed by atoms with Crippen molar-refractivity contribution in [1.82, 2.24) is 0 Å². The first-order valence-electron chi connectivity index (χ1n) is 19.5. The van der Waals surface area contributed by atoms with Crippen LogP contribution in [0.4, 0.5) is 17.1 Å². The Kier molecular flexibility index (Phi) is 5.71. The molecule has 2 spiro atoms. The number of anilines is 3. The fourth-order valence-electron chi connectivity index (χ4n) is 13.4. The second kappa shape index (κ2) is 9.71. The molecule has 3 heteroatoms. The van der Waals surface area contributed by atoms with Crippen LogP contribution in [0.3, 0.4) is 0 Å². The van der Waals surface area contributed by atoms with Crippen molar-refractivity contribution in [2.24, 2.45) is 29.1 Å². The minimum Gasteiger partial charge on any atom is -0.309 e. The summed E-state index contributed by atoms with van der Waals surface area (Å²) in [5.74, 6) is 3.50. The molecule has 0 radical (unpaired) electrons. The average Bonchev–Trinajstić information content (AvgIpc) is 3.79. The van der Waals surface area contributed by atoms with E-state index in [-0.39, 0.29) is 16.2 Å². The number of benzene rings is 5. The van der Waals surface area contributed by atoms with Crippen LogP contribution in [0.25, 0.3) is 20.2 Å². The lowest BCUT2D eigenvalue weighted by Gasteiger charge is -2.78. The molecule has 0 saturated heterocycles. The van der Waals surface area contributed by atoms with Crippen LogP contribution in [0, 0.1) is 29.1 Å². The zero-order chi connectivity index (χ0) is 34.1. The van der Waals surface area contributed by atoms with E-state index in [0.29, 0.717) is 5.41 Å². The van der Waals surface area contributed by atoms with Gasteiger partial charge in [0.15, 0.2) is 0 Å². The van der Waals surface area contributed by atoms with Gasteiger partial charge in [-0.25, -0.2) is 0 Å². The summed E-state index contributed by atoms with van der Waals surface area (Å²) in [6, 6.07) is 40.6. The Hall–Kier alpha value is -3.53. The first-order chi connectivity index (χ1) is 24.7. The fraction of sp³-hybridized carbons (Fsp3) is 0.375. The lowest BCUT2D eigenvalue weighted by atomic mass is 9.26. The molecule has 6 atom stereocenters. The third-order valence-electron chi connectivity index (χ3n) is 15.4. The number of rotatable bonds is 3. The molecule has 5 aliphatic carbocycles. The number of thiophene rings is 1. The normalized spacial score (nSPS) is 31.1. The molecule has 4 saturated carbocycles. The summed E-state index contributed by atoms with van der Waals surface area (Å²) >= 11 is 3.97. The highest BCUT2D eigenvalue weighted by Gasteiger charge is 2.84. The van der Waals surface area contributed by atoms with Gasteiger partial charge in [-0.1, -0.05) is 100 Å². The summed E-state index contributed by atoms with van der Waals surface area (Å²) in [5.41, 5.74) is 11.3. The number of fused-ring (bicyclic) bond motifs is 11. The van der Waals surface area contributed by atoms with E-state index in [9.17, 15) is 0 Å². The first kappa shape index (κ1) is 30.0. The van der Waals surface area contributed by atoms with Gasteiger partial charge in [0.25, 0.3) is 0 Å². The first-order valence-corrected chi connectivity index (χ1v) is 21.1.